The van der Waals surface area contributed by atoms with E-state index in [1.54, 1.807) is 6.92 Å². The van der Waals surface area contributed by atoms with Gasteiger partial charge < -0.3 is 15.7 Å². The van der Waals surface area contributed by atoms with Gasteiger partial charge in [-0.15, -0.1) is 0 Å². The van der Waals surface area contributed by atoms with Crippen LogP contribution >= 0.6 is 0 Å². The van der Waals surface area contributed by atoms with Crippen molar-refractivity contribution in [2.75, 3.05) is 13.1 Å². The van der Waals surface area contributed by atoms with Crippen molar-refractivity contribution < 1.29 is 9.90 Å². The van der Waals surface area contributed by atoms with Crippen LogP contribution in [0.15, 0.2) is 0 Å². The highest BCUT2D eigenvalue weighted by molar-refractivity contribution is 5.81. The van der Waals surface area contributed by atoms with Crippen LogP contribution in [0.4, 0.5) is 0 Å². The van der Waals surface area contributed by atoms with E-state index in [0.717, 1.165) is 25.8 Å². The molecular formula is C11H22N2O2. The first kappa shape index (κ1) is 12.5. The van der Waals surface area contributed by atoms with Crippen LogP contribution in [0.25, 0.3) is 0 Å². The summed E-state index contributed by atoms with van der Waals surface area (Å²) in [5, 5.41) is 15.8. The molecule has 0 saturated carbocycles. The number of nitrogens with one attached hydrogen (secondary N) is 2. The Bertz CT molecular complexity index is 217. The maximum Gasteiger partial charge on any atom is 0.237 e. The van der Waals surface area contributed by atoms with Gasteiger partial charge in [-0.1, -0.05) is 6.92 Å². The Morgan fingerprint density at radius 2 is 2.33 bits per heavy atom. The van der Waals surface area contributed by atoms with Crippen molar-refractivity contribution in [3.8, 4) is 0 Å². The Morgan fingerprint density at radius 3 is 3.00 bits per heavy atom. The van der Waals surface area contributed by atoms with Gasteiger partial charge in [-0.3, -0.25) is 4.79 Å². The van der Waals surface area contributed by atoms with E-state index in [1.807, 2.05) is 6.92 Å². The van der Waals surface area contributed by atoms with Gasteiger partial charge in [-0.2, -0.15) is 0 Å². The van der Waals surface area contributed by atoms with Crippen LogP contribution in [-0.4, -0.2) is 35.7 Å². The molecule has 1 saturated heterocycles. The molecule has 1 fully saturated rings. The molecule has 0 radical (unpaired) electrons. The molecular weight excluding hydrogens is 192 g/mol. The van der Waals surface area contributed by atoms with Crippen LogP contribution in [0, 0.1) is 0 Å². The molecule has 88 valence electrons. The summed E-state index contributed by atoms with van der Waals surface area (Å²) in [6.45, 7) is 4.98. The first-order chi connectivity index (χ1) is 7.05. The second-order valence-electron chi connectivity index (χ2n) is 4.57. The SMILES string of the molecule is CCC(C)(O)CNC1CCCCNC1=O. The Morgan fingerprint density at radius 1 is 1.60 bits per heavy atom. The molecule has 1 aliphatic rings. The molecule has 3 N–H and O–H groups in total. The molecule has 0 aromatic carbocycles. The molecule has 0 spiro atoms. The minimum Gasteiger partial charge on any atom is -0.389 e. The van der Waals surface area contributed by atoms with Gasteiger partial charge >= 0.3 is 0 Å². The highest BCUT2D eigenvalue weighted by Crippen LogP contribution is 2.09. The van der Waals surface area contributed by atoms with Crippen molar-refractivity contribution in [3.63, 3.8) is 0 Å². The normalized spacial score (nSPS) is 26.6. The predicted molar refractivity (Wildman–Crippen MR) is 59.6 cm³/mol. The minimum absolute atomic E-state index is 0.0689. The maximum atomic E-state index is 11.6. The summed E-state index contributed by atoms with van der Waals surface area (Å²) in [6, 6.07) is -0.134. The smallest absolute Gasteiger partial charge is 0.237 e. The van der Waals surface area contributed by atoms with Crippen LogP contribution in [0.2, 0.25) is 0 Å². The van der Waals surface area contributed by atoms with E-state index in [1.165, 1.54) is 0 Å². The Labute approximate surface area is 91.4 Å². The lowest BCUT2D eigenvalue weighted by Crippen LogP contribution is -2.48. The molecule has 1 heterocycles. The largest absolute Gasteiger partial charge is 0.389 e. The Hall–Kier alpha value is -0.610. The molecule has 2 unspecified atom stereocenters. The summed E-state index contributed by atoms with van der Waals surface area (Å²) in [5.74, 6) is 0.0689. The minimum atomic E-state index is -0.716. The maximum absolute atomic E-state index is 11.6. The number of rotatable bonds is 4. The number of hydrogen-bond donors (Lipinski definition) is 3. The second-order valence-corrected chi connectivity index (χ2v) is 4.57. The molecule has 0 aromatic heterocycles. The quantitative estimate of drug-likeness (QED) is 0.635. The predicted octanol–water partition coefficient (Wildman–Crippen LogP) is 0.406. The van der Waals surface area contributed by atoms with Gasteiger partial charge in [0.05, 0.1) is 11.6 Å². The topological polar surface area (TPSA) is 61.4 Å². The number of aliphatic hydroxyl groups is 1. The molecule has 1 aliphatic heterocycles. The number of carbonyl (C=O) groups excluding carboxylic acids is 1. The summed E-state index contributed by atoms with van der Waals surface area (Å²) in [6.07, 6.45) is 3.67. The van der Waals surface area contributed by atoms with Crippen LogP contribution in [0.1, 0.15) is 39.5 Å². The third kappa shape index (κ3) is 4.18. The summed E-state index contributed by atoms with van der Waals surface area (Å²) >= 11 is 0. The zero-order chi connectivity index (χ0) is 11.3. The van der Waals surface area contributed by atoms with Crippen LogP contribution in [0.5, 0.6) is 0 Å². The van der Waals surface area contributed by atoms with Gasteiger partial charge in [0.25, 0.3) is 0 Å². The molecule has 15 heavy (non-hydrogen) atoms. The summed E-state index contributed by atoms with van der Waals surface area (Å²) in [5.41, 5.74) is -0.716. The van der Waals surface area contributed by atoms with Gasteiger partial charge in [-0.05, 0) is 32.6 Å². The zero-order valence-corrected chi connectivity index (χ0v) is 9.68. The highest BCUT2D eigenvalue weighted by Gasteiger charge is 2.24. The zero-order valence-electron chi connectivity index (χ0n) is 9.68. The van der Waals surface area contributed by atoms with E-state index >= 15 is 0 Å². The van der Waals surface area contributed by atoms with Gasteiger partial charge in [0.2, 0.25) is 5.91 Å². The average Bonchev–Trinajstić information content (AvgIpc) is 2.40. The van der Waals surface area contributed by atoms with Crippen molar-refractivity contribution in [1.29, 1.82) is 0 Å². The Kier molecular flexibility index (Phi) is 4.54. The first-order valence-corrected chi connectivity index (χ1v) is 5.78. The monoisotopic (exact) mass is 214 g/mol. The van der Waals surface area contributed by atoms with E-state index < -0.39 is 5.60 Å². The first-order valence-electron chi connectivity index (χ1n) is 5.78. The molecule has 4 heteroatoms. The molecule has 0 aliphatic carbocycles. The second kappa shape index (κ2) is 5.47. The van der Waals surface area contributed by atoms with Crippen molar-refractivity contribution >= 4 is 5.91 Å². The van der Waals surface area contributed by atoms with Gasteiger partial charge in [0, 0.05) is 13.1 Å². The van der Waals surface area contributed by atoms with Gasteiger partial charge in [-0.25, -0.2) is 0 Å². The lowest BCUT2D eigenvalue weighted by atomic mass is 10.0. The van der Waals surface area contributed by atoms with E-state index in [-0.39, 0.29) is 11.9 Å². The third-order valence-corrected chi connectivity index (χ3v) is 3.03. The standard InChI is InChI=1S/C11H22N2O2/c1-3-11(2,15)8-13-9-6-4-5-7-12-10(9)14/h9,13,15H,3-8H2,1-2H3,(H,12,14). The van der Waals surface area contributed by atoms with E-state index in [0.29, 0.717) is 13.0 Å². The van der Waals surface area contributed by atoms with E-state index in [9.17, 15) is 9.90 Å². The van der Waals surface area contributed by atoms with E-state index in [2.05, 4.69) is 10.6 Å². The third-order valence-electron chi connectivity index (χ3n) is 3.03. The highest BCUT2D eigenvalue weighted by atomic mass is 16.3. The van der Waals surface area contributed by atoms with Crippen LogP contribution in [0.3, 0.4) is 0 Å². The van der Waals surface area contributed by atoms with Crippen molar-refractivity contribution in [3.05, 3.63) is 0 Å². The average molecular weight is 214 g/mol. The fraction of sp³-hybridized carbons (Fsp3) is 0.909. The molecule has 2 atom stereocenters. The molecule has 4 nitrogen and oxygen atoms in total. The number of hydrogen-bond acceptors (Lipinski definition) is 3. The Balaban J connectivity index is 2.39. The van der Waals surface area contributed by atoms with Gasteiger partial charge in [0.1, 0.15) is 0 Å². The molecule has 0 bridgehead atoms. The van der Waals surface area contributed by atoms with Crippen LogP contribution < -0.4 is 10.6 Å². The van der Waals surface area contributed by atoms with Crippen molar-refractivity contribution in [2.45, 2.75) is 51.2 Å². The lowest BCUT2D eigenvalue weighted by Gasteiger charge is -2.24. The molecule has 0 aromatic rings. The molecule has 1 amide bonds. The van der Waals surface area contributed by atoms with Crippen molar-refractivity contribution in [1.82, 2.24) is 10.6 Å². The fourth-order valence-corrected chi connectivity index (χ4v) is 1.60. The number of carbonyl (C=O) groups is 1. The summed E-state index contributed by atoms with van der Waals surface area (Å²) in [4.78, 5) is 11.6. The fourth-order valence-electron chi connectivity index (χ4n) is 1.60. The summed E-state index contributed by atoms with van der Waals surface area (Å²) in [7, 11) is 0. The van der Waals surface area contributed by atoms with Crippen LogP contribution in [-0.2, 0) is 4.79 Å². The summed E-state index contributed by atoms with van der Waals surface area (Å²) < 4.78 is 0. The lowest BCUT2D eigenvalue weighted by molar-refractivity contribution is -0.123. The van der Waals surface area contributed by atoms with Crippen molar-refractivity contribution in [2.24, 2.45) is 0 Å². The van der Waals surface area contributed by atoms with Gasteiger partial charge in [0.15, 0.2) is 0 Å². The van der Waals surface area contributed by atoms with E-state index in [4.69, 9.17) is 0 Å². The number of amides is 1. The molecule has 1 rings (SSSR count).